The maximum atomic E-state index is 10.8. The fourth-order valence-electron chi connectivity index (χ4n) is 1.64. The minimum atomic E-state index is -1.24. The van der Waals surface area contributed by atoms with Crippen LogP contribution in [0.15, 0.2) is 0 Å². The molecule has 0 aliphatic heterocycles. The molecule has 1 rings (SSSR count). The molecule has 0 spiro atoms. The molecule has 0 atom stereocenters. The second-order valence-electron chi connectivity index (χ2n) is 3.32. The molecule has 1 aromatic rings. The SMILES string of the molecule is CCCc1c(C=O)c(C)c(C(=O)O)n1O. The minimum Gasteiger partial charge on any atom is -0.476 e. The van der Waals surface area contributed by atoms with Gasteiger partial charge in [0.25, 0.3) is 0 Å². The zero-order chi connectivity index (χ0) is 11.6. The van der Waals surface area contributed by atoms with Gasteiger partial charge < -0.3 is 10.3 Å². The van der Waals surface area contributed by atoms with Gasteiger partial charge in [-0.1, -0.05) is 13.3 Å². The molecule has 0 aliphatic rings. The lowest BCUT2D eigenvalue weighted by molar-refractivity contribution is 0.0638. The van der Waals surface area contributed by atoms with Crippen LogP contribution in [0, 0.1) is 6.92 Å². The average molecular weight is 211 g/mol. The maximum Gasteiger partial charge on any atom is 0.356 e. The van der Waals surface area contributed by atoms with Crippen LogP contribution in [-0.2, 0) is 6.42 Å². The third-order valence-corrected chi connectivity index (χ3v) is 2.34. The first-order chi connectivity index (χ1) is 7.04. The van der Waals surface area contributed by atoms with E-state index >= 15 is 0 Å². The number of carboxylic acid groups (broad SMARTS) is 1. The van der Waals surface area contributed by atoms with Crippen LogP contribution in [0.3, 0.4) is 0 Å². The molecule has 2 N–H and O–H groups in total. The molecule has 0 unspecified atom stereocenters. The van der Waals surface area contributed by atoms with Crippen molar-refractivity contribution in [3.05, 3.63) is 22.5 Å². The van der Waals surface area contributed by atoms with Gasteiger partial charge in [-0.15, -0.1) is 0 Å². The van der Waals surface area contributed by atoms with E-state index in [0.29, 0.717) is 28.7 Å². The molecule has 0 bridgehead atoms. The molecule has 15 heavy (non-hydrogen) atoms. The van der Waals surface area contributed by atoms with Gasteiger partial charge in [0.2, 0.25) is 0 Å². The highest BCUT2D eigenvalue weighted by molar-refractivity contribution is 5.92. The molecule has 0 aliphatic carbocycles. The number of aromatic carboxylic acids is 1. The summed E-state index contributed by atoms with van der Waals surface area (Å²) in [6.07, 6.45) is 1.78. The Hall–Kier alpha value is -1.78. The Bertz CT molecular complexity index is 406. The molecule has 0 radical (unpaired) electrons. The molecule has 1 aromatic heterocycles. The van der Waals surface area contributed by atoms with Gasteiger partial charge >= 0.3 is 5.97 Å². The molecular weight excluding hydrogens is 198 g/mol. The number of carboxylic acids is 1. The second kappa shape index (κ2) is 4.16. The van der Waals surface area contributed by atoms with E-state index in [1.807, 2.05) is 6.92 Å². The molecule has 5 nitrogen and oxygen atoms in total. The van der Waals surface area contributed by atoms with E-state index < -0.39 is 5.97 Å². The van der Waals surface area contributed by atoms with Crippen molar-refractivity contribution >= 4 is 12.3 Å². The molecule has 1 heterocycles. The molecule has 5 heteroatoms. The first kappa shape index (κ1) is 11.3. The number of aldehydes is 1. The highest BCUT2D eigenvalue weighted by atomic mass is 16.5. The lowest BCUT2D eigenvalue weighted by Crippen LogP contribution is -2.09. The Morgan fingerprint density at radius 3 is 2.53 bits per heavy atom. The summed E-state index contributed by atoms with van der Waals surface area (Å²) in [5, 5.41) is 18.5. The smallest absolute Gasteiger partial charge is 0.356 e. The Labute approximate surface area is 86.9 Å². The summed E-state index contributed by atoms with van der Waals surface area (Å²) in [7, 11) is 0. The predicted molar refractivity (Wildman–Crippen MR) is 52.7 cm³/mol. The summed E-state index contributed by atoms with van der Waals surface area (Å²) in [6.45, 7) is 3.40. The van der Waals surface area contributed by atoms with Gasteiger partial charge in [0.05, 0.1) is 5.69 Å². The number of rotatable bonds is 4. The van der Waals surface area contributed by atoms with Crippen LogP contribution in [0.4, 0.5) is 0 Å². The lowest BCUT2D eigenvalue weighted by Gasteiger charge is -2.01. The van der Waals surface area contributed by atoms with Crippen LogP contribution in [-0.4, -0.2) is 27.3 Å². The standard InChI is InChI=1S/C10H13NO4/c1-3-4-8-7(5-12)6(2)9(10(13)14)11(8)15/h5,15H,3-4H2,1-2H3,(H,13,14). The van der Waals surface area contributed by atoms with Gasteiger partial charge in [0.1, 0.15) is 0 Å². The topological polar surface area (TPSA) is 79.5 Å². The third-order valence-electron chi connectivity index (χ3n) is 2.34. The number of carbonyl (C=O) groups excluding carboxylic acids is 1. The van der Waals surface area contributed by atoms with E-state index in [1.54, 1.807) is 0 Å². The highest BCUT2D eigenvalue weighted by Gasteiger charge is 2.23. The summed E-state index contributed by atoms with van der Waals surface area (Å²) >= 11 is 0. The second-order valence-corrected chi connectivity index (χ2v) is 3.32. The summed E-state index contributed by atoms with van der Waals surface area (Å²) < 4.78 is 0.602. The van der Waals surface area contributed by atoms with Gasteiger partial charge in [-0.05, 0) is 18.9 Å². The number of carbonyl (C=O) groups is 2. The van der Waals surface area contributed by atoms with Gasteiger partial charge in [0.15, 0.2) is 12.0 Å². The van der Waals surface area contributed by atoms with E-state index in [1.165, 1.54) is 6.92 Å². The Kier molecular flexibility index (Phi) is 3.14. The molecule has 0 fully saturated rings. The number of hydrogen-bond acceptors (Lipinski definition) is 3. The summed E-state index contributed by atoms with van der Waals surface area (Å²) in [6, 6.07) is 0. The van der Waals surface area contributed by atoms with E-state index in [2.05, 4.69) is 0 Å². The fourth-order valence-corrected chi connectivity index (χ4v) is 1.64. The van der Waals surface area contributed by atoms with Gasteiger partial charge in [-0.3, -0.25) is 4.79 Å². The highest BCUT2D eigenvalue weighted by Crippen LogP contribution is 2.21. The first-order valence-electron chi connectivity index (χ1n) is 4.66. The van der Waals surface area contributed by atoms with E-state index in [0.717, 1.165) is 6.42 Å². The maximum absolute atomic E-state index is 10.8. The zero-order valence-electron chi connectivity index (χ0n) is 8.65. The van der Waals surface area contributed by atoms with Gasteiger partial charge in [-0.2, -0.15) is 4.73 Å². The van der Waals surface area contributed by atoms with Crippen molar-refractivity contribution in [1.82, 2.24) is 4.73 Å². The third kappa shape index (κ3) is 1.72. The lowest BCUT2D eigenvalue weighted by atomic mass is 10.1. The molecular formula is C10H13NO4. The molecule has 0 amide bonds. The quantitative estimate of drug-likeness (QED) is 0.584. The van der Waals surface area contributed by atoms with Crippen molar-refractivity contribution in [3.63, 3.8) is 0 Å². The Morgan fingerprint density at radius 1 is 1.53 bits per heavy atom. The predicted octanol–water partition coefficient (Wildman–Crippen LogP) is 1.50. The van der Waals surface area contributed by atoms with Crippen molar-refractivity contribution in [3.8, 4) is 0 Å². The van der Waals surface area contributed by atoms with Crippen LogP contribution >= 0.6 is 0 Å². The van der Waals surface area contributed by atoms with E-state index in [-0.39, 0.29) is 11.3 Å². The fraction of sp³-hybridized carbons (Fsp3) is 0.400. The largest absolute Gasteiger partial charge is 0.476 e. The molecule has 0 aromatic carbocycles. The summed E-state index contributed by atoms with van der Waals surface area (Å²) in [4.78, 5) is 21.6. The molecule has 82 valence electrons. The van der Waals surface area contributed by atoms with Crippen LogP contribution in [0.25, 0.3) is 0 Å². The van der Waals surface area contributed by atoms with Crippen molar-refractivity contribution < 1.29 is 19.9 Å². The van der Waals surface area contributed by atoms with Crippen molar-refractivity contribution in [2.45, 2.75) is 26.7 Å². The van der Waals surface area contributed by atoms with Crippen LogP contribution in [0.1, 0.15) is 45.4 Å². The summed E-state index contributed by atoms with van der Waals surface area (Å²) in [5.41, 5.74) is 0.711. The normalized spacial score (nSPS) is 10.3. The minimum absolute atomic E-state index is 0.236. The Balaban J connectivity index is 3.44. The van der Waals surface area contributed by atoms with Crippen LogP contribution in [0.5, 0.6) is 0 Å². The number of hydrogen-bond donors (Lipinski definition) is 2. The first-order valence-corrected chi connectivity index (χ1v) is 4.66. The molecule has 0 saturated carbocycles. The molecule has 0 saturated heterocycles. The zero-order valence-corrected chi connectivity index (χ0v) is 8.65. The van der Waals surface area contributed by atoms with E-state index in [4.69, 9.17) is 5.11 Å². The number of nitrogens with zero attached hydrogens (tertiary/aromatic N) is 1. The monoisotopic (exact) mass is 211 g/mol. The van der Waals surface area contributed by atoms with Crippen molar-refractivity contribution in [2.75, 3.05) is 0 Å². The van der Waals surface area contributed by atoms with Crippen molar-refractivity contribution in [1.29, 1.82) is 0 Å². The van der Waals surface area contributed by atoms with Gasteiger partial charge in [0, 0.05) is 5.56 Å². The van der Waals surface area contributed by atoms with Gasteiger partial charge in [-0.25, -0.2) is 4.79 Å². The van der Waals surface area contributed by atoms with Crippen molar-refractivity contribution in [2.24, 2.45) is 0 Å². The van der Waals surface area contributed by atoms with Crippen LogP contribution < -0.4 is 0 Å². The van der Waals surface area contributed by atoms with E-state index in [9.17, 15) is 14.8 Å². The average Bonchev–Trinajstić information content (AvgIpc) is 2.39. The summed E-state index contributed by atoms with van der Waals surface area (Å²) in [5.74, 6) is -1.24. The number of aromatic nitrogens is 1. The van der Waals surface area contributed by atoms with Crippen LogP contribution in [0.2, 0.25) is 0 Å². The Morgan fingerprint density at radius 2 is 2.13 bits per heavy atom.